The molecule has 24 heteroatoms. The number of rotatable bonds is 10. The quantitative estimate of drug-likeness (QED) is 0.115. The van der Waals surface area contributed by atoms with Crippen molar-refractivity contribution in [2.75, 3.05) is 24.7 Å². The highest BCUT2D eigenvalue weighted by Crippen LogP contribution is 2.52. The molecule has 2 aliphatic heterocycles. The van der Waals surface area contributed by atoms with Gasteiger partial charge in [-0.25, -0.2) is 33.9 Å². The molecule has 4 aromatic rings. The highest BCUT2D eigenvalue weighted by molar-refractivity contribution is 8.44. The molecule has 238 valence electrons. The van der Waals surface area contributed by atoms with Crippen LogP contribution in [0.25, 0.3) is 21.5 Å². The molecule has 0 amide bonds. The van der Waals surface area contributed by atoms with Gasteiger partial charge in [0.15, 0.2) is 29.6 Å². The van der Waals surface area contributed by atoms with Crippen LogP contribution in [0.3, 0.4) is 0 Å². The first-order valence-electron chi connectivity index (χ1n) is 12.6. The number of thiol groups is 1. The zero-order chi connectivity index (χ0) is 31.4. The molecule has 2 unspecified atom stereocenters. The molecular weight excluding hydrogens is 687 g/mol. The van der Waals surface area contributed by atoms with Crippen LogP contribution in [0, 0.1) is 0 Å². The molecule has 6 rings (SSSR count). The summed E-state index contributed by atoms with van der Waals surface area (Å²) in [4.78, 5) is 53.0. The van der Waals surface area contributed by atoms with E-state index in [1.54, 1.807) is 0 Å². The molecule has 4 aromatic heterocycles. The molecular formula is C20H24FN9O9P2S3. The Morgan fingerprint density at radius 2 is 1.70 bits per heavy atom. The summed E-state index contributed by atoms with van der Waals surface area (Å²) in [5.74, 6) is 0.200. The number of anilines is 2. The molecule has 6 N–H and O–H groups in total. The predicted molar refractivity (Wildman–Crippen MR) is 160 cm³/mol. The lowest BCUT2D eigenvalue weighted by Gasteiger charge is -2.25. The third kappa shape index (κ3) is 6.53. The van der Waals surface area contributed by atoms with Crippen LogP contribution < -0.4 is 16.3 Å². The zero-order valence-corrected chi connectivity index (χ0v) is 26.4. The lowest BCUT2D eigenvalue weighted by atomic mass is 10.2. The van der Waals surface area contributed by atoms with Crippen LogP contribution in [0.15, 0.2) is 23.8 Å². The van der Waals surface area contributed by atoms with Gasteiger partial charge in [0.05, 0.1) is 31.7 Å². The van der Waals surface area contributed by atoms with E-state index in [2.05, 4.69) is 37.2 Å². The normalized spacial score (nSPS) is 28.5. The molecule has 44 heavy (non-hydrogen) atoms. The van der Waals surface area contributed by atoms with Crippen molar-refractivity contribution in [2.45, 2.75) is 49.8 Å². The van der Waals surface area contributed by atoms with Gasteiger partial charge in [-0.2, -0.15) is 0 Å². The number of ether oxygens (including phenoxy) is 2. The Morgan fingerprint density at radius 1 is 1.05 bits per heavy atom. The number of hydrogen-bond donors (Lipinski definition) is 5. The molecule has 0 spiro atoms. The maximum atomic E-state index is 15.0. The minimum Gasteiger partial charge on any atom is -0.382 e. The molecule has 18 nitrogen and oxygen atoms in total. The van der Waals surface area contributed by atoms with Crippen molar-refractivity contribution in [3.63, 3.8) is 0 Å². The van der Waals surface area contributed by atoms with E-state index in [4.69, 9.17) is 46.3 Å². The number of alkyl halides is 1. The number of nitrogens with two attached hydrogens (primary N) is 2. The Bertz CT molecular complexity index is 1860. The summed E-state index contributed by atoms with van der Waals surface area (Å²) >= 11 is 9.50. The first-order chi connectivity index (χ1) is 20.8. The van der Waals surface area contributed by atoms with Gasteiger partial charge in [-0.15, -0.1) is 0 Å². The summed E-state index contributed by atoms with van der Waals surface area (Å²) < 4.78 is 57.4. The van der Waals surface area contributed by atoms with Crippen molar-refractivity contribution in [2.24, 2.45) is 0 Å². The lowest BCUT2D eigenvalue weighted by Crippen LogP contribution is -2.29. The molecule has 8 atom stereocenters. The van der Waals surface area contributed by atoms with Crippen molar-refractivity contribution >= 4 is 82.1 Å². The second-order valence-electron chi connectivity index (χ2n) is 9.71. The highest BCUT2D eigenvalue weighted by atomic mass is 32.7. The predicted octanol–water partition coefficient (Wildman–Crippen LogP) is 1.44. The molecule has 2 aliphatic rings. The maximum absolute atomic E-state index is 15.0. The van der Waals surface area contributed by atoms with Crippen LogP contribution in [0.2, 0.25) is 0 Å². The second-order valence-corrected chi connectivity index (χ2v) is 16.2. The Balaban J connectivity index is 1.17. The van der Waals surface area contributed by atoms with Crippen molar-refractivity contribution in [1.82, 2.24) is 34.1 Å². The number of thiazole rings is 1. The van der Waals surface area contributed by atoms with Crippen molar-refractivity contribution < 1.29 is 41.8 Å². The van der Waals surface area contributed by atoms with E-state index in [1.807, 2.05) is 0 Å². The van der Waals surface area contributed by atoms with Gasteiger partial charge < -0.3 is 39.8 Å². The average Bonchev–Trinajstić information content (AvgIpc) is 3.71. The van der Waals surface area contributed by atoms with Crippen molar-refractivity contribution in [3.05, 3.63) is 28.6 Å². The fraction of sp³-hybridized carbons (Fsp3) is 0.500. The molecule has 0 saturated carbocycles. The fourth-order valence-corrected chi connectivity index (χ4v) is 7.79. The van der Waals surface area contributed by atoms with E-state index in [0.29, 0.717) is 10.2 Å². The van der Waals surface area contributed by atoms with Crippen molar-refractivity contribution in [1.29, 1.82) is 0 Å². The van der Waals surface area contributed by atoms with E-state index in [1.165, 1.54) is 17.2 Å². The number of nitrogens with zero attached hydrogens (tertiary/aromatic N) is 7. The van der Waals surface area contributed by atoms with Crippen LogP contribution in [0.5, 0.6) is 0 Å². The molecule has 0 bridgehead atoms. The lowest BCUT2D eigenvalue weighted by molar-refractivity contribution is -0.0498. The third-order valence-electron chi connectivity index (χ3n) is 6.74. The number of fused-ring (bicyclic) bond motifs is 2. The topological polar surface area (TPSA) is 247 Å². The van der Waals surface area contributed by atoms with Crippen LogP contribution in [0.4, 0.5) is 16.0 Å². The van der Waals surface area contributed by atoms with Gasteiger partial charge in [-0.05, 0) is 11.8 Å². The minimum atomic E-state index is -4.16. The van der Waals surface area contributed by atoms with E-state index < -0.39 is 61.9 Å². The Kier molecular flexibility index (Phi) is 8.80. The summed E-state index contributed by atoms with van der Waals surface area (Å²) in [6, 6.07) is 0. The van der Waals surface area contributed by atoms with Gasteiger partial charge in [-0.3, -0.25) is 18.5 Å². The zero-order valence-electron chi connectivity index (χ0n) is 22.1. The largest absolute Gasteiger partial charge is 0.383 e. The van der Waals surface area contributed by atoms with Gasteiger partial charge >= 0.3 is 18.4 Å². The number of hydrogen-bond acceptors (Lipinski definition) is 16. The summed E-state index contributed by atoms with van der Waals surface area (Å²) in [5, 5.41) is 0. The first kappa shape index (κ1) is 31.8. The Labute approximate surface area is 260 Å². The Hall–Kier alpha value is -2.20. The highest BCUT2D eigenvalue weighted by Gasteiger charge is 2.44. The van der Waals surface area contributed by atoms with Crippen molar-refractivity contribution in [3.8, 4) is 0 Å². The Morgan fingerprint density at radius 3 is 2.45 bits per heavy atom. The van der Waals surface area contributed by atoms with Crippen LogP contribution >= 0.6 is 37.1 Å². The first-order valence-corrected chi connectivity index (χ1v) is 18.8. The van der Waals surface area contributed by atoms with Crippen LogP contribution in [-0.4, -0.2) is 81.5 Å². The monoisotopic (exact) mass is 711 g/mol. The summed E-state index contributed by atoms with van der Waals surface area (Å²) in [7, 11) is 0. The number of aromatic nitrogens is 7. The molecule has 6 heterocycles. The van der Waals surface area contributed by atoms with E-state index in [-0.39, 0.29) is 42.4 Å². The molecule has 0 aromatic carbocycles. The maximum Gasteiger partial charge on any atom is 0.383 e. The number of imidazole rings is 1. The van der Waals surface area contributed by atoms with Crippen LogP contribution in [0.1, 0.15) is 25.3 Å². The van der Waals surface area contributed by atoms with Gasteiger partial charge in [0, 0.05) is 12.8 Å². The van der Waals surface area contributed by atoms with Gasteiger partial charge in [0.2, 0.25) is 0 Å². The fourth-order valence-electron chi connectivity index (χ4n) is 4.91. The third-order valence-corrected chi connectivity index (χ3v) is 10.1. The van der Waals surface area contributed by atoms with Gasteiger partial charge in [-0.1, -0.05) is 23.6 Å². The number of halogens is 1. The average molecular weight is 712 g/mol. The number of nitrogen functional groups attached to an aromatic ring is 2. The SMILES string of the molecule is Nc1ncnc2c1ncn2[C@@H]1O[C@H](COP(O)(=S)O[C@@H]2C[C@@H](COP(=O)(O)S)O[C@H]2n2c(=O)sc3c(N)ncnc32)C[C@H]1F. The minimum absolute atomic E-state index is 0.0433. The van der Waals surface area contributed by atoms with Gasteiger partial charge in [0.1, 0.15) is 41.0 Å². The smallest absolute Gasteiger partial charge is 0.382 e. The second kappa shape index (κ2) is 12.2. The summed E-state index contributed by atoms with van der Waals surface area (Å²) in [6.07, 6.45) is -3.05. The van der Waals surface area contributed by atoms with E-state index >= 15 is 4.39 Å². The molecule has 0 aliphatic carbocycles. The van der Waals surface area contributed by atoms with Gasteiger partial charge in [0.25, 0.3) is 0 Å². The molecule has 2 fully saturated rings. The summed E-state index contributed by atoms with van der Waals surface area (Å²) in [6.45, 7) is -8.97. The molecule has 0 radical (unpaired) electrons. The van der Waals surface area contributed by atoms with E-state index in [0.717, 1.165) is 22.2 Å². The van der Waals surface area contributed by atoms with Crippen LogP contribution in [-0.2, 0) is 39.4 Å². The molecule has 2 saturated heterocycles. The summed E-state index contributed by atoms with van der Waals surface area (Å²) in [5.41, 5.74) is 12.4. The van der Waals surface area contributed by atoms with E-state index in [9.17, 15) is 19.1 Å². The standard InChI is InChI=1S/C20H24FN9O9P2S3/c21-10-1-8(37-18(10)29-7-28-12-14(22)24-5-26-16(12)29)4-36-41(34,43)39-11-2-9(3-35-40(32,33)42)38-19(11)30-17-13(44-20(30)31)15(23)25-6-27-17/h5-11,18-19H,1-4H2,(H,34,43)(H2,22,24,26)(H2,23,25,27)(H2,32,33,42)/t8-,9-,10+,11+,18+,19+,41?/m0/s1.